The summed E-state index contributed by atoms with van der Waals surface area (Å²) in [6.07, 6.45) is 0. The van der Waals surface area contributed by atoms with Crippen LogP contribution >= 0.6 is 0 Å². The molecule has 0 aliphatic carbocycles. The van der Waals surface area contributed by atoms with Crippen LogP contribution in [0.3, 0.4) is 0 Å². The van der Waals surface area contributed by atoms with E-state index in [-0.39, 0.29) is 0 Å². The van der Waals surface area contributed by atoms with Gasteiger partial charge in [0.2, 0.25) is 0 Å². The molecule has 0 aliphatic rings. The van der Waals surface area contributed by atoms with E-state index in [0.717, 1.165) is 28.3 Å². The molecule has 0 fully saturated rings. The van der Waals surface area contributed by atoms with Gasteiger partial charge in [0.05, 0.1) is 11.0 Å². The maximum Gasteiger partial charge on any atom is 0.0619 e. The number of anilines is 3. The van der Waals surface area contributed by atoms with Gasteiger partial charge in [-0.05, 0) is 116 Å². The number of benzene rings is 11. The van der Waals surface area contributed by atoms with E-state index in [2.05, 4.69) is 276 Å². The molecule has 12 rings (SSSR count). The average molecular weight is 841 g/mol. The summed E-state index contributed by atoms with van der Waals surface area (Å²) in [5, 5.41) is 4.96. The van der Waals surface area contributed by atoms with Crippen LogP contribution in [-0.2, 0) is 0 Å². The van der Waals surface area contributed by atoms with Gasteiger partial charge in [-0.2, -0.15) is 0 Å². The van der Waals surface area contributed by atoms with Crippen molar-refractivity contribution in [3.05, 3.63) is 267 Å². The summed E-state index contributed by atoms with van der Waals surface area (Å²) >= 11 is 0. The van der Waals surface area contributed by atoms with E-state index < -0.39 is 0 Å². The fourth-order valence-electron chi connectivity index (χ4n) is 9.86. The number of hydrogen-bond donors (Lipinski definition) is 0. The molecule has 0 spiro atoms. The van der Waals surface area contributed by atoms with Crippen molar-refractivity contribution in [2.45, 2.75) is 0 Å². The number of fused-ring (bicyclic) bond motifs is 5. The van der Waals surface area contributed by atoms with Crippen molar-refractivity contribution in [3.8, 4) is 61.3 Å². The largest absolute Gasteiger partial charge is 0.310 e. The Balaban J connectivity index is 0.988. The molecule has 0 unspecified atom stereocenters. The second kappa shape index (κ2) is 16.8. The fraction of sp³-hybridized carbons (Fsp3) is 0. The van der Waals surface area contributed by atoms with Gasteiger partial charge < -0.3 is 9.47 Å². The Bertz CT molecular complexity index is 3650. The maximum atomic E-state index is 2.45. The summed E-state index contributed by atoms with van der Waals surface area (Å²) in [6, 6.07) is 96.8. The molecule has 0 saturated carbocycles. The molecule has 310 valence electrons. The molecule has 0 saturated heterocycles. The van der Waals surface area contributed by atoms with Crippen LogP contribution in [0.5, 0.6) is 0 Å². The van der Waals surface area contributed by atoms with Crippen molar-refractivity contribution >= 4 is 49.6 Å². The first-order chi connectivity index (χ1) is 32.7. The number of hydrogen-bond acceptors (Lipinski definition) is 1. The third kappa shape index (κ3) is 7.02. The van der Waals surface area contributed by atoms with Crippen molar-refractivity contribution in [1.82, 2.24) is 4.57 Å². The predicted molar refractivity (Wildman–Crippen MR) is 280 cm³/mol. The second-order valence-corrected chi connectivity index (χ2v) is 16.9. The standard InChI is InChI=1S/C64H44N2/c1-4-16-45(17-5-1)46-30-32-47(33-31-46)48-34-39-54(40-35-48)65(55-41-36-51(37-42-55)58-26-13-12-25-57(58)49-18-6-2-7-19-49)56-24-14-21-52(44-56)59-28-15-29-62-63(59)61-43-38-50-20-10-11-27-60(50)64(61)66(62)53-22-8-3-9-23-53/h1-44H. The lowest BCUT2D eigenvalue weighted by Gasteiger charge is -2.26. The van der Waals surface area contributed by atoms with Crippen molar-refractivity contribution in [3.63, 3.8) is 0 Å². The van der Waals surface area contributed by atoms with E-state index >= 15 is 0 Å². The van der Waals surface area contributed by atoms with Gasteiger partial charge in [-0.25, -0.2) is 0 Å². The Labute approximate surface area is 385 Å². The van der Waals surface area contributed by atoms with Crippen molar-refractivity contribution < 1.29 is 0 Å². The van der Waals surface area contributed by atoms with Gasteiger partial charge in [0.25, 0.3) is 0 Å². The normalized spacial score (nSPS) is 11.3. The minimum absolute atomic E-state index is 1.08. The molecule has 2 heteroatoms. The Hall–Kier alpha value is -8.72. The van der Waals surface area contributed by atoms with Gasteiger partial charge in [0.1, 0.15) is 0 Å². The third-order valence-electron chi connectivity index (χ3n) is 13.0. The Kier molecular flexibility index (Phi) is 9.89. The molecule has 0 atom stereocenters. The van der Waals surface area contributed by atoms with Gasteiger partial charge in [-0.15, -0.1) is 0 Å². The van der Waals surface area contributed by atoms with Gasteiger partial charge in [0, 0.05) is 38.9 Å². The first-order valence-corrected chi connectivity index (χ1v) is 22.7. The molecule has 0 bridgehead atoms. The van der Waals surface area contributed by atoms with E-state index in [4.69, 9.17) is 0 Å². The van der Waals surface area contributed by atoms with Crippen LogP contribution in [0.1, 0.15) is 0 Å². The Morgan fingerprint density at radius 3 is 1.39 bits per heavy atom. The summed E-state index contributed by atoms with van der Waals surface area (Å²) < 4.78 is 2.45. The number of para-hydroxylation sites is 1. The smallest absolute Gasteiger partial charge is 0.0619 e. The lowest BCUT2D eigenvalue weighted by atomic mass is 9.94. The van der Waals surface area contributed by atoms with E-state index in [1.807, 2.05) is 0 Å². The van der Waals surface area contributed by atoms with Gasteiger partial charge in [-0.3, -0.25) is 0 Å². The molecular formula is C64H44N2. The molecule has 1 heterocycles. The summed E-state index contributed by atoms with van der Waals surface area (Å²) in [6.45, 7) is 0. The predicted octanol–water partition coefficient (Wildman–Crippen LogP) is 17.7. The molecular weight excluding hydrogens is 797 g/mol. The van der Waals surface area contributed by atoms with E-state index in [9.17, 15) is 0 Å². The van der Waals surface area contributed by atoms with E-state index in [1.54, 1.807) is 0 Å². The van der Waals surface area contributed by atoms with Crippen LogP contribution in [0.2, 0.25) is 0 Å². The topological polar surface area (TPSA) is 8.17 Å². The Morgan fingerprint density at radius 1 is 0.273 bits per heavy atom. The zero-order valence-electron chi connectivity index (χ0n) is 36.3. The molecule has 0 N–H and O–H groups in total. The van der Waals surface area contributed by atoms with Crippen LogP contribution in [-0.4, -0.2) is 4.57 Å². The molecule has 0 aliphatic heterocycles. The summed E-state index contributed by atoms with van der Waals surface area (Å²) in [7, 11) is 0. The van der Waals surface area contributed by atoms with Gasteiger partial charge >= 0.3 is 0 Å². The highest BCUT2D eigenvalue weighted by Crippen LogP contribution is 2.44. The molecule has 66 heavy (non-hydrogen) atoms. The van der Waals surface area contributed by atoms with E-state index in [0.29, 0.717) is 0 Å². The lowest BCUT2D eigenvalue weighted by Crippen LogP contribution is -2.10. The SMILES string of the molecule is c1ccc(-c2ccc(-c3ccc(N(c4ccc(-c5ccccc5-c5ccccc5)cc4)c4cccc(-c5cccc6c5c5ccc7ccccc7c5n6-c5ccccc5)c4)cc3)cc2)cc1. The first kappa shape index (κ1) is 38.9. The average Bonchev–Trinajstić information content (AvgIpc) is 3.75. The minimum atomic E-state index is 1.08. The highest BCUT2D eigenvalue weighted by atomic mass is 15.1. The van der Waals surface area contributed by atoms with Crippen LogP contribution in [0.4, 0.5) is 17.1 Å². The molecule has 12 aromatic rings. The van der Waals surface area contributed by atoms with Crippen LogP contribution in [0.15, 0.2) is 267 Å². The van der Waals surface area contributed by atoms with E-state index in [1.165, 1.54) is 82.6 Å². The second-order valence-electron chi connectivity index (χ2n) is 16.9. The Morgan fingerprint density at radius 2 is 0.742 bits per heavy atom. The maximum absolute atomic E-state index is 2.45. The summed E-state index contributed by atoms with van der Waals surface area (Å²) in [4.78, 5) is 2.39. The van der Waals surface area contributed by atoms with Crippen LogP contribution < -0.4 is 4.90 Å². The summed E-state index contributed by atoms with van der Waals surface area (Å²) in [5.41, 5.74) is 18.8. The highest BCUT2D eigenvalue weighted by molar-refractivity contribution is 6.22. The van der Waals surface area contributed by atoms with Crippen LogP contribution in [0.25, 0.3) is 93.9 Å². The highest BCUT2D eigenvalue weighted by Gasteiger charge is 2.20. The van der Waals surface area contributed by atoms with Crippen molar-refractivity contribution in [2.75, 3.05) is 4.90 Å². The molecule has 0 radical (unpaired) electrons. The van der Waals surface area contributed by atoms with Crippen molar-refractivity contribution in [2.24, 2.45) is 0 Å². The first-order valence-electron chi connectivity index (χ1n) is 22.7. The monoisotopic (exact) mass is 840 g/mol. The fourth-order valence-corrected chi connectivity index (χ4v) is 9.86. The number of nitrogens with zero attached hydrogens (tertiary/aromatic N) is 2. The number of aromatic nitrogens is 1. The van der Waals surface area contributed by atoms with Crippen LogP contribution in [0, 0.1) is 0 Å². The zero-order valence-corrected chi connectivity index (χ0v) is 36.3. The molecule has 11 aromatic carbocycles. The van der Waals surface area contributed by atoms with Crippen molar-refractivity contribution in [1.29, 1.82) is 0 Å². The quantitative estimate of drug-likeness (QED) is 0.141. The summed E-state index contributed by atoms with van der Waals surface area (Å²) in [5.74, 6) is 0. The number of rotatable bonds is 9. The molecule has 2 nitrogen and oxygen atoms in total. The molecule has 0 amide bonds. The zero-order chi connectivity index (χ0) is 43.8. The third-order valence-corrected chi connectivity index (χ3v) is 13.0. The van der Waals surface area contributed by atoms with Gasteiger partial charge in [0.15, 0.2) is 0 Å². The lowest BCUT2D eigenvalue weighted by molar-refractivity contribution is 1.19. The van der Waals surface area contributed by atoms with Gasteiger partial charge in [-0.1, -0.05) is 212 Å². The molecule has 1 aromatic heterocycles. The minimum Gasteiger partial charge on any atom is -0.310 e.